The molecule has 1 amide bonds. The first-order valence-electron chi connectivity index (χ1n) is 10.1. The number of aliphatic hydroxyl groups is 1. The number of hydrogen-bond donors (Lipinski definition) is 2. The molecule has 1 atom stereocenters. The lowest BCUT2D eigenvalue weighted by Crippen LogP contribution is -2.44. The van der Waals surface area contributed by atoms with Gasteiger partial charge >= 0.3 is 0 Å². The number of hydrogen-bond acceptors (Lipinski definition) is 5. The average molecular weight is 399 g/mol. The van der Waals surface area contributed by atoms with Crippen LogP contribution in [0.3, 0.4) is 0 Å². The van der Waals surface area contributed by atoms with E-state index >= 15 is 0 Å². The van der Waals surface area contributed by atoms with E-state index in [4.69, 9.17) is 9.47 Å². The van der Waals surface area contributed by atoms with Crippen molar-refractivity contribution in [3.05, 3.63) is 60.2 Å². The highest BCUT2D eigenvalue weighted by molar-refractivity contribution is 5.78. The number of amides is 1. The maximum atomic E-state index is 12.4. The summed E-state index contributed by atoms with van der Waals surface area (Å²) in [4.78, 5) is 14.6. The van der Waals surface area contributed by atoms with Crippen LogP contribution in [0, 0.1) is 5.92 Å². The molecule has 6 heteroatoms. The van der Waals surface area contributed by atoms with Gasteiger partial charge in [0.05, 0.1) is 7.11 Å². The van der Waals surface area contributed by atoms with Crippen LogP contribution in [0.25, 0.3) is 0 Å². The van der Waals surface area contributed by atoms with Crippen molar-refractivity contribution in [1.29, 1.82) is 0 Å². The summed E-state index contributed by atoms with van der Waals surface area (Å²) >= 11 is 0. The summed E-state index contributed by atoms with van der Waals surface area (Å²) in [6.07, 6.45) is 1.06. The van der Waals surface area contributed by atoms with Gasteiger partial charge < -0.3 is 24.8 Å². The molecule has 2 N–H and O–H groups in total. The van der Waals surface area contributed by atoms with Gasteiger partial charge in [0.2, 0.25) is 5.91 Å². The molecule has 1 fully saturated rings. The molecule has 156 valence electrons. The summed E-state index contributed by atoms with van der Waals surface area (Å²) in [5.74, 6) is 1.65. The molecule has 1 aliphatic heterocycles. The Labute approximate surface area is 172 Å². The van der Waals surface area contributed by atoms with Crippen LogP contribution in [0.5, 0.6) is 11.5 Å². The van der Waals surface area contributed by atoms with E-state index in [0.717, 1.165) is 37.2 Å². The van der Waals surface area contributed by atoms with Crippen LogP contribution in [0.15, 0.2) is 54.6 Å². The maximum absolute atomic E-state index is 12.4. The number of β-amino-alcohol motifs (C(OH)–C–C–N with tert-alkyl or cyclic N) is 1. The summed E-state index contributed by atoms with van der Waals surface area (Å²) in [6.45, 7) is 2.98. The largest absolute Gasteiger partial charge is 0.497 e. The topological polar surface area (TPSA) is 71.0 Å². The molecular formula is C23H30N2O4. The van der Waals surface area contributed by atoms with Gasteiger partial charge in [-0.3, -0.25) is 4.79 Å². The first-order valence-corrected chi connectivity index (χ1v) is 10.1. The number of likely N-dealkylation sites (tertiary alicyclic amines) is 1. The Hall–Kier alpha value is -2.57. The quantitative estimate of drug-likeness (QED) is 0.679. The zero-order valence-electron chi connectivity index (χ0n) is 16.9. The number of nitrogens with zero attached hydrogens (tertiary/aromatic N) is 1. The van der Waals surface area contributed by atoms with Crippen molar-refractivity contribution in [3.8, 4) is 11.5 Å². The van der Waals surface area contributed by atoms with Crippen molar-refractivity contribution in [2.75, 3.05) is 33.4 Å². The van der Waals surface area contributed by atoms with Crippen molar-refractivity contribution < 1.29 is 19.4 Å². The number of methoxy groups -OCH3 is 1. The number of benzene rings is 2. The lowest BCUT2D eigenvalue weighted by atomic mass is 9.95. The molecule has 2 aromatic carbocycles. The zero-order chi connectivity index (χ0) is 20.5. The van der Waals surface area contributed by atoms with Gasteiger partial charge in [0, 0.05) is 19.0 Å². The molecule has 0 saturated carbocycles. The summed E-state index contributed by atoms with van der Waals surface area (Å²) in [5.41, 5.74) is 1.11. The Balaban J connectivity index is 1.33. The van der Waals surface area contributed by atoms with E-state index in [1.165, 1.54) is 0 Å². The van der Waals surface area contributed by atoms with Gasteiger partial charge in [-0.1, -0.05) is 30.3 Å². The monoisotopic (exact) mass is 398 g/mol. The number of rotatable bonds is 9. The molecule has 0 aliphatic carbocycles. The Morgan fingerprint density at radius 1 is 1.10 bits per heavy atom. The average Bonchev–Trinajstić information content (AvgIpc) is 2.77. The second-order valence-corrected chi connectivity index (χ2v) is 7.42. The summed E-state index contributed by atoms with van der Waals surface area (Å²) in [7, 11) is 1.62. The highest BCUT2D eigenvalue weighted by atomic mass is 16.5. The fourth-order valence-electron chi connectivity index (χ4n) is 3.52. The van der Waals surface area contributed by atoms with Crippen LogP contribution in [0.2, 0.25) is 0 Å². The van der Waals surface area contributed by atoms with E-state index in [1.54, 1.807) is 7.11 Å². The minimum atomic E-state index is -0.569. The highest BCUT2D eigenvalue weighted by Crippen LogP contribution is 2.19. The Bertz CT molecular complexity index is 743. The van der Waals surface area contributed by atoms with Crippen LogP contribution in [-0.2, 0) is 11.3 Å². The summed E-state index contributed by atoms with van der Waals surface area (Å²) in [6, 6.07) is 17.3. The van der Waals surface area contributed by atoms with Gasteiger partial charge in [0.15, 0.2) is 0 Å². The van der Waals surface area contributed by atoms with Gasteiger partial charge in [-0.05, 0) is 55.8 Å². The molecule has 0 bridgehead atoms. The molecule has 1 aliphatic rings. The lowest BCUT2D eigenvalue weighted by Gasteiger charge is -2.32. The molecule has 1 heterocycles. The summed E-state index contributed by atoms with van der Waals surface area (Å²) < 4.78 is 10.8. The van der Waals surface area contributed by atoms with E-state index in [1.807, 2.05) is 54.6 Å². The molecule has 1 unspecified atom stereocenters. The molecule has 0 radical (unpaired) electrons. The first kappa shape index (κ1) is 21.1. The number of aliphatic hydroxyl groups excluding tert-OH is 1. The molecular weight excluding hydrogens is 368 g/mol. The second-order valence-electron chi connectivity index (χ2n) is 7.42. The van der Waals surface area contributed by atoms with Gasteiger partial charge in [-0.25, -0.2) is 0 Å². The Morgan fingerprint density at radius 2 is 1.76 bits per heavy atom. The molecule has 1 saturated heterocycles. The fourth-order valence-corrected chi connectivity index (χ4v) is 3.52. The maximum Gasteiger partial charge on any atom is 0.223 e. The summed E-state index contributed by atoms with van der Waals surface area (Å²) in [5, 5.41) is 13.3. The third-order valence-electron chi connectivity index (χ3n) is 5.24. The van der Waals surface area contributed by atoms with Crippen molar-refractivity contribution in [3.63, 3.8) is 0 Å². The molecule has 6 nitrogen and oxygen atoms in total. The van der Waals surface area contributed by atoms with Crippen molar-refractivity contribution in [1.82, 2.24) is 10.2 Å². The van der Waals surface area contributed by atoms with Gasteiger partial charge in [0.25, 0.3) is 0 Å². The van der Waals surface area contributed by atoms with Crippen LogP contribution in [0.4, 0.5) is 0 Å². The second kappa shape index (κ2) is 10.8. The predicted molar refractivity (Wildman–Crippen MR) is 112 cm³/mol. The van der Waals surface area contributed by atoms with E-state index in [2.05, 4.69) is 10.2 Å². The highest BCUT2D eigenvalue weighted by Gasteiger charge is 2.25. The van der Waals surface area contributed by atoms with Crippen LogP contribution in [-0.4, -0.2) is 55.4 Å². The number of carbonyl (C=O) groups is 1. The van der Waals surface area contributed by atoms with Crippen molar-refractivity contribution in [2.45, 2.75) is 25.5 Å². The van der Waals surface area contributed by atoms with Crippen LogP contribution >= 0.6 is 0 Å². The smallest absolute Gasteiger partial charge is 0.223 e. The molecule has 0 spiro atoms. The number of carbonyl (C=O) groups excluding carboxylic acids is 1. The number of piperidine rings is 1. The number of ether oxygens (including phenoxy) is 2. The minimum absolute atomic E-state index is 0.0441. The third-order valence-corrected chi connectivity index (χ3v) is 5.24. The van der Waals surface area contributed by atoms with Crippen molar-refractivity contribution in [2.24, 2.45) is 5.92 Å². The van der Waals surface area contributed by atoms with E-state index in [9.17, 15) is 9.90 Å². The first-order chi connectivity index (χ1) is 14.1. The molecule has 29 heavy (non-hydrogen) atoms. The van der Waals surface area contributed by atoms with E-state index < -0.39 is 6.10 Å². The van der Waals surface area contributed by atoms with E-state index in [-0.39, 0.29) is 18.4 Å². The van der Waals surface area contributed by atoms with Gasteiger partial charge in [-0.2, -0.15) is 0 Å². The predicted octanol–water partition coefficient (Wildman–Crippen LogP) is 2.46. The number of nitrogens with one attached hydrogen (secondary N) is 1. The molecule has 2 aromatic rings. The van der Waals surface area contributed by atoms with E-state index in [0.29, 0.717) is 18.8 Å². The molecule has 0 aromatic heterocycles. The SMILES string of the molecule is COc1ccc(OCC(O)CN2CCC(C(=O)NCc3ccccc3)CC2)cc1. The van der Waals surface area contributed by atoms with Gasteiger partial charge in [0.1, 0.15) is 24.2 Å². The standard InChI is InChI=1S/C23H30N2O4/c1-28-21-7-9-22(10-8-21)29-17-20(26)16-25-13-11-19(12-14-25)23(27)24-15-18-5-3-2-4-6-18/h2-10,19-20,26H,11-17H2,1H3,(H,24,27). The third kappa shape index (κ3) is 6.76. The Morgan fingerprint density at radius 3 is 2.41 bits per heavy atom. The lowest BCUT2D eigenvalue weighted by molar-refractivity contribution is -0.126. The van der Waals surface area contributed by atoms with Crippen molar-refractivity contribution >= 4 is 5.91 Å². The van der Waals surface area contributed by atoms with Crippen LogP contribution in [0.1, 0.15) is 18.4 Å². The van der Waals surface area contributed by atoms with Crippen LogP contribution < -0.4 is 14.8 Å². The normalized spacial score (nSPS) is 16.2. The zero-order valence-corrected chi connectivity index (χ0v) is 16.9. The molecule has 3 rings (SSSR count). The minimum Gasteiger partial charge on any atom is -0.497 e. The Kier molecular flexibility index (Phi) is 7.90. The van der Waals surface area contributed by atoms with Gasteiger partial charge in [-0.15, -0.1) is 0 Å². The fraction of sp³-hybridized carbons (Fsp3) is 0.435.